The molecule has 2 aromatic rings. The highest BCUT2D eigenvalue weighted by atomic mass is 32.2. The molecule has 0 bridgehead atoms. The molecule has 0 saturated heterocycles. The van der Waals surface area contributed by atoms with E-state index in [0.717, 1.165) is 37.0 Å². The highest BCUT2D eigenvalue weighted by Gasteiger charge is 2.18. The van der Waals surface area contributed by atoms with Gasteiger partial charge in [0.25, 0.3) is 15.9 Å². The molecule has 1 heterocycles. The Morgan fingerprint density at radius 3 is 2.48 bits per heavy atom. The number of thiophene rings is 1. The first kappa shape index (κ1) is 17.9. The number of rotatable bonds is 5. The Balaban J connectivity index is 1.69. The van der Waals surface area contributed by atoms with Crippen molar-refractivity contribution in [2.24, 2.45) is 0 Å². The Morgan fingerprint density at radius 1 is 1.04 bits per heavy atom. The summed E-state index contributed by atoms with van der Waals surface area (Å²) in [6.07, 6.45) is 6.77. The standard InChI is InChI=1S/C18H22N2O3S2/c21-18(19-15-8-3-1-2-4-9-15)14-7-5-10-16(13-14)20-25(22,23)17-11-6-12-24-17/h5-7,10-13,15,20H,1-4,8-9H2,(H,19,21). The molecule has 7 heteroatoms. The number of carbonyl (C=O) groups is 1. The molecule has 1 aromatic heterocycles. The number of carbonyl (C=O) groups excluding carboxylic acids is 1. The van der Waals surface area contributed by atoms with Crippen molar-refractivity contribution in [3.63, 3.8) is 0 Å². The van der Waals surface area contributed by atoms with Gasteiger partial charge in [0, 0.05) is 17.3 Å². The third-order valence-corrected chi connectivity index (χ3v) is 7.11. The molecule has 0 aliphatic heterocycles. The fourth-order valence-electron chi connectivity index (χ4n) is 3.04. The van der Waals surface area contributed by atoms with E-state index in [1.165, 1.54) is 12.8 Å². The third kappa shape index (κ3) is 4.83. The van der Waals surface area contributed by atoms with Gasteiger partial charge in [0.1, 0.15) is 4.21 Å². The summed E-state index contributed by atoms with van der Waals surface area (Å²) in [6, 6.07) is 10.1. The van der Waals surface area contributed by atoms with Gasteiger partial charge in [0.2, 0.25) is 0 Å². The fraction of sp³-hybridized carbons (Fsp3) is 0.389. The third-order valence-electron chi connectivity index (χ3n) is 4.33. The number of amides is 1. The summed E-state index contributed by atoms with van der Waals surface area (Å²) in [5, 5.41) is 4.79. The van der Waals surface area contributed by atoms with Gasteiger partial charge in [-0.1, -0.05) is 37.8 Å². The number of nitrogens with one attached hydrogen (secondary N) is 2. The molecule has 134 valence electrons. The van der Waals surface area contributed by atoms with Crippen LogP contribution in [0.3, 0.4) is 0 Å². The minimum atomic E-state index is -3.61. The normalized spacial score (nSPS) is 16.2. The molecule has 0 spiro atoms. The first-order valence-electron chi connectivity index (χ1n) is 8.52. The first-order valence-corrected chi connectivity index (χ1v) is 10.9. The van der Waals surface area contributed by atoms with Crippen LogP contribution >= 0.6 is 11.3 Å². The van der Waals surface area contributed by atoms with Gasteiger partial charge in [-0.25, -0.2) is 8.42 Å². The van der Waals surface area contributed by atoms with Crippen molar-refractivity contribution in [2.75, 3.05) is 4.72 Å². The molecular formula is C18H22N2O3S2. The van der Waals surface area contributed by atoms with Crippen molar-refractivity contribution in [3.05, 3.63) is 47.3 Å². The van der Waals surface area contributed by atoms with Crippen molar-refractivity contribution >= 4 is 33.0 Å². The summed E-state index contributed by atoms with van der Waals surface area (Å²) >= 11 is 1.16. The average molecular weight is 379 g/mol. The van der Waals surface area contributed by atoms with Gasteiger partial charge in [0.05, 0.1) is 0 Å². The molecule has 2 N–H and O–H groups in total. The lowest BCUT2D eigenvalue weighted by atomic mass is 10.1. The van der Waals surface area contributed by atoms with Crippen molar-refractivity contribution in [3.8, 4) is 0 Å². The molecule has 25 heavy (non-hydrogen) atoms. The van der Waals surface area contributed by atoms with E-state index in [0.29, 0.717) is 11.3 Å². The van der Waals surface area contributed by atoms with Gasteiger partial charge in [-0.2, -0.15) is 0 Å². The maximum Gasteiger partial charge on any atom is 0.271 e. The topological polar surface area (TPSA) is 75.3 Å². The van der Waals surface area contributed by atoms with Crippen LogP contribution in [0.1, 0.15) is 48.9 Å². The summed E-state index contributed by atoms with van der Waals surface area (Å²) in [7, 11) is -3.61. The van der Waals surface area contributed by atoms with Crippen LogP contribution in [-0.4, -0.2) is 20.4 Å². The molecule has 3 rings (SSSR count). The zero-order chi connectivity index (χ0) is 17.7. The maximum absolute atomic E-state index is 12.5. The Morgan fingerprint density at radius 2 is 1.80 bits per heavy atom. The number of benzene rings is 1. The highest BCUT2D eigenvalue weighted by Crippen LogP contribution is 2.21. The fourth-order valence-corrected chi connectivity index (χ4v) is 5.08. The lowest BCUT2D eigenvalue weighted by Gasteiger charge is -2.16. The van der Waals surface area contributed by atoms with E-state index < -0.39 is 10.0 Å². The smallest absolute Gasteiger partial charge is 0.271 e. The molecule has 1 aliphatic rings. The van der Waals surface area contributed by atoms with Gasteiger partial charge in [0.15, 0.2) is 0 Å². The van der Waals surface area contributed by atoms with Crippen LogP contribution in [0, 0.1) is 0 Å². The lowest BCUT2D eigenvalue weighted by Crippen LogP contribution is -2.34. The van der Waals surface area contributed by atoms with Crippen LogP contribution in [-0.2, 0) is 10.0 Å². The predicted molar refractivity (Wildman–Crippen MR) is 101 cm³/mol. The van der Waals surface area contributed by atoms with E-state index in [-0.39, 0.29) is 16.2 Å². The van der Waals surface area contributed by atoms with Crippen LogP contribution in [0.2, 0.25) is 0 Å². The highest BCUT2D eigenvalue weighted by molar-refractivity contribution is 7.94. The molecule has 1 aliphatic carbocycles. The van der Waals surface area contributed by atoms with Gasteiger partial charge >= 0.3 is 0 Å². The van der Waals surface area contributed by atoms with Crippen LogP contribution in [0.4, 0.5) is 5.69 Å². The number of sulfonamides is 1. The lowest BCUT2D eigenvalue weighted by molar-refractivity contribution is 0.0933. The van der Waals surface area contributed by atoms with Crippen LogP contribution < -0.4 is 10.0 Å². The zero-order valence-corrected chi connectivity index (χ0v) is 15.5. The number of hydrogen-bond donors (Lipinski definition) is 2. The minimum absolute atomic E-state index is 0.149. The quantitative estimate of drug-likeness (QED) is 0.772. The molecule has 1 saturated carbocycles. The second-order valence-electron chi connectivity index (χ2n) is 6.28. The molecule has 1 amide bonds. The monoisotopic (exact) mass is 378 g/mol. The molecular weight excluding hydrogens is 356 g/mol. The molecule has 1 aromatic carbocycles. The van der Waals surface area contributed by atoms with Crippen molar-refractivity contribution < 1.29 is 13.2 Å². The van der Waals surface area contributed by atoms with Gasteiger partial charge < -0.3 is 5.32 Å². The molecule has 1 fully saturated rings. The summed E-state index contributed by atoms with van der Waals surface area (Å²) < 4.78 is 27.4. The Labute approximate surface area is 152 Å². The van der Waals surface area contributed by atoms with E-state index in [1.54, 1.807) is 41.8 Å². The van der Waals surface area contributed by atoms with Crippen molar-refractivity contribution in [2.45, 2.75) is 48.8 Å². The minimum Gasteiger partial charge on any atom is -0.349 e. The Bertz CT molecular complexity index is 809. The average Bonchev–Trinajstić information content (AvgIpc) is 3.02. The Kier molecular flexibility index (Phi) is 5.75. The zero-order valence-electron chi connectivity index (χ0n) is 13.9. The van der Waals surface area contributed by atoms with Crippen molar-refractivity contribution in [1.82, 2.24) is 5.32 Å². The van der Waals surface area contributed by atoms with Crippen molar-refractivity contribution in [1.29, 1.82) is 0 Å². The molecule has 0 unspecified atom stereocenters. The van der Waals surface area contributed by atoms with Gasteiger partial charge in [-0.15, -0.1) is 11.3 Å². The molecule has 0 atom stereocenters. The number of hydrogen-bond acceptors (Lipinski definition) is 4. The van der Waals surface area contributed by atoms with E-state index in [1.807, 2.05) is 0 Å². The summed E-state index contributed by atoms with van der Waals surface area (Å²) in [6.45, 7) is 0. The van der Waals surface area contributed by atoms with Crippen LogP contribution in [0.25, 0.3) is 0 Å². The maximum atomic E-state index is 12.5. The van der Waals surface area contributed by atoms with Gasteiger partial charge in [-0.05, 0) is 42.5 Å². The Hall–Kier alpha value is -1.86. The predicted octanol–water partition coefficient (Wildman–Crippen LogP) is 4.00. The number of anilines is 1. The largest absolute Gasteiger partial charge is 0.349 e. The second-order valence-corrected chi connectivity index (χ2v) is 9.14. The molecule has 0 radical (unpaired) electrons. The molecule has 5 nitrogen and oxygen atoms in total. The summed E-state index contributed by atoms with van der Waals surface area (Å²) in [5.74, 6) is -0.149. The van der Waals surface area contributed by atoms with Crippen LogP contribution in [0.15, 0.2) is 46.0 Å². The summed E-state index contributed by atoms with van der Waals surface area (Å²) in [5.41, 5.74) is 0.859. The van der Waals surface area contributed by atoms with E-state index in [9.17, 15) is 13.2 Å². The van der Waals surface area contributed by atoms with Crippen LogP contribution in [0.5, 0.6) is 0 Å². The first-order chi connectivity index (χ1) is 12.0. The van der Waals surface area contributed by atoms with Gasteiger partial charge in [-0.3, -0.25) is 9.52 Å². The van der Waals surface area contributed by atoms with E-state index in [2.05, 4.69) is 10.0 Å². The van der Waals surface area contributed by atoms with E-state index >= 15 is 0 Å². The SMILES string of the molecule is O=C(NC1CCCCCC1)c1cccc(NS(=O)(=O)c2cccs2)c1. The summed E-state index contributed by atoms with van der Waals surface area (Å²) in [4.78, 5) is 12.5. The second kappa shape index (κ2) is 8.01. The van der Waals surface area contributed by atoms with E-state index in [4.69, 9.17) is 0 Å².